The van der Waals surface area contributed by atoms with Crippen LogP contribution in [0.15, 0.2) is 12.7 Å². The Morgan fingerprint density at radius 1 is 1.63 bits per heavy atom. The van der Waals surface area contributed by atoms with Gasteiger partial charge in [0.15, 0.2) is 0 Å². The fourth-order valence-corrected chi connectivity index (χ4v) is 2.51. The van der Waals surface area contributed by atoms with Gasteiger partial charge in [-0.05, 0) is 19.8 Å². The van der Waals surface area contributed by atoms with Gasteiger partial charge in [0.25, 0.3) is 0 Å². The standard InChI is InChI=1S/C12H21N5O2/c1-9(17-8-14-7-15-17)12(18)16-4-3-11(19-2)5-10(16)6-13/h7-11H,3-6,13H2,1-2H3. The van der Waals surface area contributed by atoms with Crippen LogP contribution >= 0.6 is 0 Å². The third kappa shape index (κ3) is 2.93. The van der Waals surface area contributed by atoms with Crippen molar-refractivity contribution >= 4 is 5.91 Å². The number of piperidine rings is 1. The SMILES string of the molecule is COC1CCN(C(=O)C(C)n2cncn2)C(CN)C1. The average Bonchev–Trinajstić information content (AvgIpc) is 2.99. The molecule has 0 bridgehead atoms. The Kier molecular flexibility index (Phi) is 4.49. The Hall–Kier alpha value is -1.47. The summed E-state index contributed by atoms with van der Waals surface area (Å²) >= 11 is 0. The molecule has 1 aromatic heterocycles. The second-order valence-electron chi connectivity index (χ2n) is 4.85. The Morgan fingerprint density at radius 2 is 2.42 bits per heavy atom. The van der Waals surface area contributed by atoms with Crippen molar-refractivity contribution in [3.05, 3.63) is 12.7 Å². The van der Waals surface area contributed by atoms with E-state index >= 15 is 0 Å². The lowest BCUT2D eigenvalue weighted by molar-refractivity contribution is -0.140. The van der Waals surface area contributed by atoms with Crippen molar-refractivity contribution in [3.63, 3.8) is 0 Å². The second-order valence-corrected chi connectivity index (χ2v) is 4.85. The number of amides is 1. The minimum atomic E-state index is -0.351. The van der Waals surface area contributed by atoms with E-state index < -0.39 is 0 Å². The van der Waals surface area contributed by atoms with Gasteiger partial charge in [0.1, 0.15) is 18.7 Å². The molecule has 1 fully saturated rings. The minimum Gasteiger partial charge on any atom is -0.381 e. The molecule has 7 heteroatoms. The summed E-state index contributed by atoms with van der Waals surface area (Å²) in [5.41, 5.74) is 5.78. The van der Waals surface area contributed by atoms with Crippen LogP contribution in [0.1, 0.15) is 25.8 Å². The lowest BCUT2D eigenvalue weighted by Gasteiger charge is -2.39. The van der Waals surface area contributed by atoms with Gasteiger partial charge in [-0.3, -0.25) is 4.79 Å². The van der Waals surface area contributed by atoms with Crippen LogP contribution in [0.25, 0.3) is 0 Å². The molecule has 3 unspecified atom stereocenters. The van der Waals surface area contributed by atoms with E-state index in [0.717, 1.165) is 12.8 Å². The number of hydrogen-bond donors (Lipinski definition) is 1. The van der Waals surface area contributed by atoms with Gasteiger partial charge < -0.3 is 15.4 Å². The highest BCUT2D eigenvalue weighted by atomic mass is 16.5. The summed E-state index contributed by atoms with van der Waals surface area (Å²) in [4.78, 5) is 18.2. The molecular formula is C12H21N5O2. The number of nitrogens with two attached hydrogens (primary N) is 1. The number of hydrogen-bond acceptors (Lipinski definition) is 5. The first-order valence-corrected chi connectivity index (χ1v) is 6.54. The van der Waals surface area contributed by atoms with Crippen LogP contribution < -0.4 is 5.73 Å². The molecule has 7 nitrogen and oxygen atoms in total. The van der Waals surface area contributed by atoms with E-state index in [4.69, 9.17) is 10.5 Å². The molecule has 0 aliphatic carbocycles. The van der Waals surface area contributed by atoms with Crippen molar-refractivity contribution in [2.75, 3.05) is 20.2 Å². The van der Waals surface area contributed by atoms with Gasteiger partial charge in [0, 0.05) is 26.2 Å². The summed E-state index contributed by atoms with van der Waals surface area (Å²) < 4.78 is 6.93. The zero-order valence-electron chi connectivity index (χ0n) is 11.4. The molecular weight excluding hydrogens is 246 g/mol. The number of ether oxygens (including phenoxy) is 1. The smallest absolute Gasteiger partial charge is 0.247 e. The molecule has 106 valence electrons. The second kappa shape index (κ2) is 6.12. The maximum Gasteiger partial charge on any atom is 0.247 e. The number of methoxy groups -OCH3 is 1. The van der Waals surface area contributed by atoms with Crippen molar-refractivity contribution in [2.24, 2.45) is 5.73 Å². The van der Waals surface area contributed by atoms with Crippen LogP contribution in [0.3, 0.4) is 0 Å². The Labute approximate surface area is 112 Å². The van der Waals surface area contributed by atoms with E-state index in [0.29, 0.717) is 13.1 Å². The fourth-order valence-electron chi connectivity index (χ4n) is 2.51. The predicted octanol–water partition coefficient (Wildman–Crippen LogP) is -0.196. The van der Waals surface area contributed by atoms with Crippen molar-refractivity contribution < 1.29 is 9.53 Å². The Bertz CT molecular complexity index is 408. The fraction of sp³-hybridized carbons (Fsp3) is 0.750. The van der Waals surface area contributed by atoms with Gasteiger partial charge in [0.2, 0.25) is 5.91 Å². The quantitative estimate of drug-likeness (QED) is 0.816. The average molecular weight is 267 g/mol. The first kappa shape index (κ1) is 14.0. The third-order valence-corrected chi connectivity index (χ3v) is 3.75. The third-order valence-electron chi connectivity index (χ3n) is 3.75. The zero-order valence-corrected chi connectivity index (χ0v) is 11.4. The van der Waals surface area contributed by atoms with Gasteiger partial charge in [-0.1, -0.05) is 0 Å². The number of likely N-dealkylation sites (tertiary alicyclic amines) is 1. The van der Waals surface area contributed by atoms with Gasteiger partial charge in [-0.25, -0.2) is 9.67 Å². The highest BCUT2D eigenvalue weighted by Gasteiger charge is 2.33. The first-order chi connectivity index (χ1) is 9.17. The molecule has 0 saturated carbocycles. The van der Waals surface area contributed by atoms with E-state index in [1.807, 2.05) is 11.8 Å². The van der Waals surface area contributed by atoms with Crippen molar-refractivity contribution in [3.8, 4) is 0 Å². The summed E-state index contributed by atoms with van der Waals surface area (Å²) in [6.07, 6.45) is 4.83. The van der Waals surface area contributed by atoms with Gasteiger partial charge >= 0.3 is 0 Å². The number of nitrogens with zero attached hydrogens (tertiary/aromatic N) is 4. The van der Waals surface area contributed by atoms with Crippen LogP contribution in [-0.4, -0.2) is 57.9 Å². The van der Waals surface area contributed by atoms with Crippen LogP contribution in [-0.2, 0) is 9.53 Å². The molecule has 3 atom stereocenters. The highest BCUT2D eigenvalue weighted by molar-refractivity contribution is 5.80. The summed E-state index contributed by atoms with van der Waals surface area (Å²) in [7, 11) is 1.70. The van der Waals surface area contributed by atoms with E-state index in [9.17, 15) is 4.79 Å². The number of carbonyl (C=O) groups excluding carboxylic acids is 1. The highest BCUT2D eigenvalue weighted by Crippen LogP contribution is 2.22. The zero-order chi connectivity index (χ0) is 13.8. The molecule has 1 saturated heterocycles. The first-order valence-electron chi connectivity index (χ1n) is 6.54. The van der Waals surface area contributed by atoms with Crippen molar-refractivity contribution in [1.82, 2.24) is 19.7 Å². The monoisotopic (exact) mass is 267 g/mol. The maximum atomic E-state index is 12.5. The molecule has 1 aromatic rings. The summed E-state index contributed by atoms with van der Waals surface area (Å²) in [5, 5.41) is 4.02. The van der Waals surface area contributed by atoms with Crippen LogP contribution in [0.4, 0.5) is 0 Å². The molecule has 2 rings (SSSR count). The van der Waals surface area contributed by atoms with E-state index in [2.05, 4.69) is 10.1 Å². The van der Waals surface area contributed by atoms with Gasteiger partial charge in [-0.15, -0.1) is 0 Å². The van der Waals surface area contributed by atoms with E-state index in [1.54, 1.807) is 18.1 Å². The molecule has 0 aromatic carbocycles. The molecule has 0 radical (unpaired) electrons. The van der Waals surface area contributed by atoms with Crippen molar-refractivity contribution in [2.45, 2.75) is 38.0 Å². The predicted molar refractivity (Wildman–Crippen MR) is 69.3 cm³/mol. The topological polar surface area (TPSA) is 86.3 Å². The molecule has 0 spiro atoms. The summed E-state index contributed by atoms with van der Waals surface area (Å²) in [5.74, 6) is 0.0375. The van der Waals surface area contributed by atoms with Crippen LogP contribution in [0.2, 0.25) is 0 Å². The minimum absolute atomic E-state index is 0.0375. The summed E-state index contributed by atoms with van der Waals surface area (Å²) in [6, 6.07) is -0.312. The molecule has 1 amide bonds. The Balaban J connectivity index is 2.05. The van der Waals surface area contributed by atoms with Crippen LogP contribution in [0.5, 0.6) is 0 Å². The van der Waals surface area contributed by atoms with Gasteiger partial charge in [-0.2, -0.15) is 5.10 Å². The van der Waals surface area contributed by atoms with Crippen molar-refractivity contribution in [1.29, 1.82) is 0 Å². The lowest BCUT2D eigenvalue weighted by Crippen LogP contribution is -2.52. The maximum absolute atomic E-state index is 12.5. The number of carbonyl (C=O) groups is 1. The number of aromatic nitrogens is 3. The summed E-state index contributed by atoms with van der Waals surface area (Å²) in [6.45, 7) is 2.96. The largest absolute Gasteiger partial charge is 0.381 e. The normalized spacial score (nSPS) is 25.3. The lowest BCUT2D eigenvalue weighted by atomic mass is 9.98. The molecule has 19 heavy (non-hydrogen) atoms. The Morgan fingerprint density at radius 3 is 3.00 bits per heavy atom. The number of rotatable bonds is 4. The molecule has 1 aliphatic heterocycles. The molecule has 1 aliphatic rings. The van der Waals surface area contributed by atoms with Crippen LogP contribution in [0, 0.1) is 0 Å². The van der Waals surface area contributed by atoms with E-state index in [-0.39, 0.29) is 24.1 Å². The van der Waals surface area contributed by atoms with E-state index in [1.165, 1.54) is 6.33 Å². The molecule has 2 heterocycles. The van der Waals surface area contributed by atoms with Gasteiger partial charge in [0.05, 0.1) is 6.10 Å². The molecule has 2 N–H and O–H groups in total.